The molecule has 0 saturated heterocycles. The highest BCUT2D eigenvalue weighted by molar-refractivity contribution is 7.89. The van der Waals surface area contributed by atoms with Crippen molar-refractivity contribution in [2.24, 2.45) is 10.9 Å². The first-order valence-corrected chi connectivity index (χ1v) is 7.06. The minimum atomic E-state index is -3.86. The number of aryl methyl sites for hydroxylation is 1. The van der Waals surface area contributed by atoms with Crippen LogP contribution in [-0.4, -0.2) is 25.5 Å². The number of hydrogen-bond donors (Lipinski definition) is 3. The summed E-state index contributed by atoms with van der Waals surface area (Å²) in [5, 5.41) is 11.4. The van der Waals surface area contributed by atoms with Crippen LogP contribution in [0.1, 0.15) is 18.9 Å². The molecule has 19 heavy (non-hydrogen) atoms. The zero-order valence-electron chi connectivity index (χ0n) is 10.6. The number of rotatable bonds is 5. The Balaban J connectivity index is 3.11. The Morgan fingerprint density at radius 3 is 2.68 bits per heavy atom. The summed E-state index contributed by atoms with van der Waals surface area (Å²) in [4.78, 5) is -0.0434. The number of benzene rings is 1. The topological polar surface area (TPSA) is 105 Å². The number of amidine groups is 1. The van der Waals surface area contributed by atoms with E-state index in [1.54, 1.807) is 6.92 Å². The molecule has 0 heterocycles. The van der Waals surface area contributed by atoms with Crippen LogP contribution in [0.5, 0.6) is 0 Å². The van der Waals surface area contributed by atoms with Crippen LogP contribution in [0, 0.1) is 12.7 Å². The number of nitrogens with two attached hydrogens (primary N) is 1. The molecule has 8 heteroatoms. The van der Waals surface area contributed by atoms with E-state index in [-0.39, 0.29) is 16.3 Å². The van der Waals surface area contributed by atoms with Gasteiger partial charge in [-0.2, -0.15) is 0 Å². The van der Waals surface area contributed by atoms with Crippen molar-refractivity contribution in [3.63, 3.8) is 0 Å². The van der Waals surface area contributed by atoms with Crippen molar-refractivity contribution in [1.82, 2.24) is 4.72 Å². The number of hydrogen-bond acceptors (Lipinski definition) is 4. The molecule has 0 aliphatic heterocycles. The van der Waals surface area contributed by atoms with Gasteiger partial charge in [0.15, 0.2) is 5.84 Å². The summed E-state index contributed by atoms with van der Waals surface area (Å²) in [5.74, 6) is -0.745. The maximum atomic E-state index is 13.0. The summed E-state index contributed by atoms with van der Waals surface area (Å²) >= 11 is 0. The van der Waals surface area contributed by atoms with Gasteiger partial charge in [0.2, 0.25) is 10.0 Å². The smallest absolute Gasteiger partial charge is 0.241 e. The van der Waals surface area contributed by atoms with Gasteiger partial charge in [-0.3, -0.25) is 0 Å². The summed E-state index contributed by atoms with van der Waals surface area (Å²) in [6.07, 6.45) is 0.315. The van der Waals surface area contributed by atoms with Crippen molar-refractivity contribution in [3.05, 3.63) is 29.6 Å². The van der Waals surface area contributed by atoms with E-state index in [0.717, 1.165) is 12.1 Å². The lowest BCUT2D eigenvalue weighted by Crippen LogP contribution is -2.44. The van der Waals surface area contributed by atoms with E-state index < -0.39 is 21.9 Å². The number of halogens is 1. The monoisotopic (exact) mass is 289 g/mol. The molecule has 1 aromatic rings. The van der Waals surface area contributed by atoms with E-state index in [2.05, 4.69) is 9.88 Å². The Morgan fingerprint density at radius 1 is 1.58 bits per heavy atom. The zero-order valence-corrected chi connectivity index (χ0v) is 11.4. The molecule has 106 valence electrons. The molecule has 0 spiro atoms. The van der Waals surface area contributed by atoms with Gasteiger partial charge < -0.3 is 10.9 Å². The second-order valence-electron chi connectivity index (χ2n) is 4.02. The first kappa shape index (κ1) is 15.4. The van der Waals surface area contributed by atoms with Crippen molar-refractivity contribution in [3.8, 4) is 0 Å². The first-order chi connectivity index (χ1) is 8.81. The number of nitrogens with one attached hydrogen (secondary N) is 1. The molecule has 0 aliphatic carbocycles. The lowest BCUT2D eigenvalue weighted by molar-refractivity contribution is 0.315. The van der Waals surface area contributed by atoms with Gasteiger partial charge in [-0.05, 0) is 37.1 Å². The second kappa shape index (κ2) is 5.98. The predicted octanol–water partition coefficient (Wildman–Crippen LogP) is 0.937. The van der Waals surface area contributed by atoms with E-state index in [4.69, 9.17) is 10.9 Å². The van der Waals surface area contributed by atoms with Crippen LogP contribution in [0.25, 0.3) is 0 Å². The fourth-order valence-electron chi connectivity index (χ4n) is 1.59. The molecular weight excluding hydrogens is 273 g/mol. The van der Waals surface area contributed by atoms with Gasteiger partial charge >= 0.3 is 0 Å². The van der Waals surface area contributed by atoms with Gasteiger partial charge in [0, 0.05) is 0 Å². The summed E-state index contributed by atoms with van der Waals surface area (Å²) < 4.78 is 39.5. The largest absolute Gasteiger partial charge is 0.409 e. The lowest BCUT2D eigenvalue weighted by Gasteiger charge is -2.16. The fraction of sp³-hybridized carbons (Fsp3) is 0.364. The zero-order chi connectivity index (χ0) is 14.6. The lowest BCUT2D eigenvalue weighted by atomic mass is 10.2. The minimum absolute atomic E-state index is 0.0434. The summed E-state index contributed by atoms with van der Waals surface area (Å²) in [6.45, 7) is 3.17. The molecule has 1 unspecified atom stereocenters. The van der Waals surface area contributed by atoms with Crippen LogP contribution in [0.4, 0.5) is 4.39 Å². The van der Waals surface area contributed by atoms with E-state index in [9.17, 15) is 12.8 Å². The highest BCUT2D eigenvalue weighted by atomic mass is 32.2. The van der Waals surface area contributed by atoms with Crippen molar-refractivity contribution < 1.29 is 18.0 Å². The van der Waals surface area contributed by atoms with Crippen LogP contribution in [0.2, 0.25) is 0 Å². The average Bonchev–Trinajstić information content (AvgIpc) is 2.34. The van der Waals surface area contributed by atoms with Crippen LogP contribution >= 0.6 is 0 Å². The van der Waals surface area contributed by atoms with Crippen LogP contribution in [0.3, 0.4) is 0 Å². The molecule has 1 rings (SSSR count). The molecule has 0 aromatic heterocycles. The SMILES string of the molecule is CCC(NS(=O)(=O)c1ccc(F)cc1C)/C(N)=N/O. The minimum Gasteiger partial charge on any atom is -0.409 e. The van der Waals surface area contributed by atoms with Crippen molar-refractivity contribution >= 4 is 15.9 Å². The maximum absolute atomic E-state index is 13.0. The molecule has 1 aromatic carbocycles. The maximum Gasteiger partial charge on any atom is 0.241 e. The molecule has 0 aliphatic rings. The summed E-state index contributed by atoms with van der Waals surface area (Å²) in [6, 6.07) is 2.54. The normalized spacial score (nSPS) is 14.4. The third-order valence-electron chi connectivity index (χ3n) is 2.60. The van der Waals surface area contributed by atoms with Crippen molar-refractivity contribution in [2.45, 2.75) is 31.2 Å². The van der Waals surface area contributed by atoms with Crippen LogP contribution in [-0.2, 0) is 10.0 Å². The van der Waals surface area contributed by atoms with E-state index in [1.807, 2.05) is 0 Å². The van der Waals surface area contributed by atoms with Crippen LogP contribution < -0.4 is 10.5 Å². The van der Waals surface area contributed by atoms with Gasteiger partial charge in [0.05, 0.1) is 10.9 Å². The molecule has 0 amide bonds. The van der Waals surface area contributed by atoms with Gasteiger partial charge in [-0.25, -0.2) is 17.5 Å². The first-order valence-electron chi connectivity index (χ1n) is 5.57. The molecule has 0 fully saturated rings. The van der Waals surface area contributed by atoms with Crippen LogP contribution in [0.15, 0.2) is 28.3 Å². The number of sulfonamides is 1. The Morgan fingerprint density at radius 2 is 2.21 bits per heavy atom. The molecule has 0 radical (unpaired) electrons. The van der Waals surface area contributed by atoms with Gasteiger partial charge in [-0.15, -0.1) is 0 Å². The Labute approximate surface area is 111 Å². The summed E-state index contributed by atoms with van der Waals surface area (Å²) in [7, 11) is -3.86. The number of oxime groups is 1. The third-order valence-corrected chi connectivity index (χ3v) is 4.24. The Kier molecular flexibility index (Phi) is 4.84. The molecular formula is C11H16FN3O3S. The Bertz CT molecular complexity index is 587. The molecule has 1 atom stereocenters. The quantitative estimate of drug-likeness (QED) is 0.324. The van der Waals surface area contributed by atoms with Gasteiger partial charge in [-0.1, -0.05) is 12.1 Å². The average molecular weight is 289 g/mol. The molecule has 6 nitrogen and oxygen atoms in total. The number of nitrogens with zero attached hydrogens (tertiary/aromatic N) is 1. The Hall–Kier alpha value is -1.67. The second-order valence-corrected chi connectivity index (χ2v) is 5.70. The van der Waals surface area contributed by atoms with E-state index in [0.29, 0.717) is 6.42 Å². The highest BCUT2D eigenvalue weighted by Gasteiger charge is 2.23. The third kappa shape index (κ3) is 3.65. The van der Waals surface area contributed by atoms with Crippen molar-refractivity contribution in [2.75, 3.05) is 0 Å². The van der Waals surface area contributed by atoms with Gasteiger partial charge in [0.1, 0.15) is 5.82 Å². The van der Waals surface area contributed by atoms with Crippen molar-refractivity contribution in [1.29, 1.82) is 0 Å². The molecule has 0 bridgehead atoms. The van der Waals surface area contributed by atoms with E-state index in [1.165, 1.54) is 13.0 Å². The molecule has 4 N–H and O–H groups in total. The highest BCUT2D eigenvalue weighted by Crippen LogP contribution is 2.16. The summed E-state index contributed by atoms with van der Waals surface area (Å²) in [5.41, 5.74) is 5.67. The van der Waals surface area contributed by atoms with E-state index >= 15 is 0 Å². The fourth-order valence-corrected chi connectivity index (χ4v) is 3.11. The van der Waals surface area contributed by atoms with Gasteiger partial charge in [0.25, 0.3) is 0 Å². The standard InChI is InChI=1S/C11H16FN3O3S/c1-3-9(11(13)14-16)15-19(17,18)10-5-4-8(12)6-7(10)2/h4-6,9,15-16H,3H2,1-2H3,(H2,13,14). The predicted molar refractivity (Wildman–Crippen MR) is 68.9 cm³/mol. The molecule has 0 saturated carbocycles.